The van der Waals surface area contributed by atoms with Crippen molar-refractivity contribution in [1.82, 2.24) is 0 Å². The number of hydrogen-bond donors (Lipinski definition) is 0. The number of hydrogen-bond acceptors (Lipinski definition) is 4. The van der Waals surface area contributed by atoms with E-state index in [0.717, 1.165) is 32.1 Å². The summed E-state index contributed by atoms with van der Waals surface area (Å²) in [5.74, 6) is 1.74. The Morgan fingerprint density at radius 2 is 1.76 bits per heavy atom. The third kappa shape index (κ3) is 9.82. The van der Waals surface area contributed by atoms with Crippen LogP contribution in [-0.4, -0.2) is 23.6 Å². The molecule has 0 amide bonds. The van der Waals surface area contributed by atoms with Gasteiger partial charge in [0.15, 0.2) is 0 Å². The predicted molar refractivity (Wildman–Crippen MR) is 118 cm³/mol. The van der Waals surface area contributed by atoms with Crippen molar-refractivity contribution in [2.75, 3.05) is 0 Å². The van der Waals surface area contributed by atoms with E-state index in [0.29, 0.717) is 30.1 Å². The van der Waals surface area contributed by atoms with Crippen molar-refractivity contribution < 1.29 is 19.1 Å². The summed E-state index contributed by atoms with van der Waals surface area (Å²) in [5, 5.41) is 0. The van der Waals surface area contributed by atoms with E-state index in [4.69, 9.17) is 9.47 Å². The molecule has 1 rings (SSSR count). The molecular formula is C25H44O4. The number of carbonyl (C=O) groups excluding carboxylic acids is 2. The van der Waals surface area contributed by atoms with Gasteiger partial charge in [-0.25, -0.2) is 0 Å². The first-order valence-electron chi connectivity index (χ1n) is 11.6. The van der Waals surface area contributed by atoms with Gasteiger partial charge in [-0.3, -0.25) is 9.59 Å². The number of ether oxygens (including phenoxy) is 2. The van der Waals surface area contributed by atoms with Gasteiger partial charge in [0.1, 0.15) is 11.7 Å². The molecule has 4 atom stereocenters. The lowest BCUT2D eigenvalue weighted by Crippen LogP contribution is -2.35. The smallest absolute Gasteiger partial charge is 0.306 e. The van der Waals surface area contributed by atoms with E-state index in [-0.39, 0.29) is 30.9 Å². The monoisotopic (exact) mass is 408 g/mol. The van der Waals surface area contributed by atoms with Crippen molar-refractivity contribution >= 4 is 11.9 Å². The van der Waals surface area contributed by atoms with Gasteiger partial charge < -0.3 is 9.47 Å². The van der Waals surface area contributed by atoms with Gasteiger partial charge >= 0.3 is 11.9 Å². The lowest BCUT2D eigenvalue weighted by Gasteiger charge is -2.36. The number of carbonyl (C=O) groups is 2. The minimum Gasteiger partial charge on any atom is -0.462 e. The van der Waals surface area contributed by atoms with E-state index in [9.17, 15) is 9.59 Å². The zero-order chi connectivity index (χ0) is 22.0. The minimum atomic E-state index is -0.630. The van der Waals surface area contributed by atoms with E-state index in [1.807, 2.05) is 6.92 Å². The molecule has 4 heteroatoms. The van der Waals surface area contributed by atoms with Crippen LogP contribution in [0.4, 0.5) is 0 Å². The molecule has 0 saturated heterocycles. The summed E-state index contributed by atoms with van der Waals surface area (Å²) in [6.45, 7) is 16.7. The molecule has 1 aliphatic carbocycles. The summed E-state index contributed by atoms with van der Waals surface area (Å²) in [4.78, 5) is 24.6. The van der Waals surface area contributed by atoms with Crippen molar-refractivity contribution in [3.05, 3.63) is 12.7 Å². The molecule has 0 aromatic heterocycles. The molecule has 0 bridgehead atoms. The zero-order valence-electron chi connectivity index (χ0n) is 19.7. The third-order valence-electron chi connectivity index (χ3n) is 6.24. The fraction of sp³-hybridized carbons (Fsp3) is 0.840. The van der Waals surface area contributed by atoms with Crippen LogP contribution in [0, 0.1) is 23.7 Å². The Bertz CT molecular complexity index is 525. The summed E-state index contributed by atoms with van der Waals surface area (Å²) in [6.07, 6.45) is 8.86. The van der Waals surface area contributed by atoms with E-state index >= 15 is 0 Å². The lowest BCUT2D eigenvalue weighted by molar-refractivity contribution is -0.157. The minimum absolute atomic E-state index is 0.0169. The fourth-order valence-corrected chi connectivity index (χ4v) is 4.22. The topological polar surface area (TPSA) is 52.6 Å². The Hall–Kier alpha value is -1.32. The molecule has 0 spiro atoms. The van der Waals surface area contributed by atoms with Gasteiger partial charge in [-0.2, -0.15) is 0 Å². The Morgan fingerprint density at radius 1 is 1.10 bits per heavy atom. The fourth-order valence-electron chi connectivity index (χ4n) is 4.22. The quantitative estimate of drug-likeness (QED) is 0.274. The van der Waals surface area contributed by atoms with E-state index < -0.39 is 5.60 Å². The molecule has 0 N–H and O–H groups in total. The van der Waals surface area contributed by atoms with Gasteiger partial charge in [-0.15, -0.1) is 0 Å². The van der Waals surface area contributed by atoms with Gasteiger partial charge in [0.2, 0.25) is 0 Å². The zero-order valence-corrected chi connectivity index (χ0v) is 19.7. The Kier molecular flexibility index (Phi) is 11.0. The van der Waals surface area contributed by atoms with Gasteiger partial charge in [0, 0.05) is 12.8 Å². The molecular weight excluding hydrogens is 364 g/mol. The van der Waals surface area contributed by atoms with Crippen LogP contribution in [-0.2, 0) is 19.1 Å². The normalized spacial score (nSPS) is 24.2. The van der Waals surface area contributed by atoms with E-state index in [1.54, 1.807) is 6.08 Å². The van der Waals surface area contributed by atoms with Crippen LogP contribution >= 0.6 is 0 Å². The molecule has 1 aliphatic rings. The Morgan fingerprint density at radius 3 is 2.34 bits per heavy atom. The molecule has 1 saturated carbocycles. The molecule has 0 aromatic carbocycles. The standard InChI is InChI=1S/C25H44O4/c1-8-25(7,16-10-11-18(2)3)29-24(27)13-9-12-23(26)28-22-17-20(6)14-15-21(22)19(4)5/h8,18-22H,1,9-17H2,2-7H3/t20-,21+,22-,25?/m0/s1. The van der Waals surface area contributed by atoms with E-state index in [2.05, 4.69) is 41.2 Å². The van der Waals surface area contributed by atoms with Crippen LogP contribution in [0.1, 0.15) is 99.3 Å². The second kappa shape index (κ2) is 12.4. The van der Waals surface area contributed by atoms with Crippen LogP contribution < -0.4 is 0 Å². The molecule has 0 aromatic rings. The first-order chi connectivity index (χ1) is 13.6. The summed E-state index contributed by atoms with van der Waals surface area (Å²) >= 11 is 0. The average molecular weight is 409 g/mol. The maximum Gasteiger partial charge on any atom is 0.306 e. The third-order valence-corrected chi connectivity index (χ3v) is 6.24. The second-order valence-electron chi connectivity index (χ2n) is 9.98. The first kappa shape index (κ1) is 25.7. The largest absolute Gasteiger partial charge is 0.462 e. The molecule has 29 heavy (non-hydrogen) atoms. The highest BCUT2D eigenvalue weighted by molar-refractivity contribution is 5.73. The van der Waals surface area contributed by atoms with E-state index in [1.165, 1.54) is 6.42 Å². The lowest BCUT2D eigenvalue weighted by atomic mass is 9.75. The average Bonchev–Trinajstić information content (AvgIpc) is 2.61. The Labute approximate surface area is 178 Å². The second-order valence-corrected chi connectivity index (χ2v) is 9.98. The summed E-state index contributed by atoms with van der Waals surface area (Å²) in [7, 11) is 0. The summed E-state index contributed by atoms with van der Waals surface area (Å²) in [6, 6.07) is 0. The maximum atomic E-state index is 12.3. The van der Waals surface area contributed by atoms with Crippen molar-refractivity contribution in [3.63, 3.8) is 0 Å². The van der Waals surface area contributed by atoms with Crippen molar-refractivity contribution in [3.8, 4) is 0 Å². The highest BCUT2D eigenvalue weighted by Crippen LogP contribution is 2.35. The highest BCUT2D eigenvalue weighted by atomic mass is 16.6. The van der Waals surface area contributed by atoms with Gasteiger partial charge in [0.25, 0.3) is 0 Å². The van der Waals surface area contributed by atoms with Crippen LogP contribution in [0.5, 0.6) is 0 Å². The first-order valence-corrected chi connectivity index (χ1v) is 11.6. The highest BCUT2D eigenvalue weighted by Gasteiger charge is 2.33. The maximum absolute atomic E-state index is 12.3. The van der Waals surface area contributed by atoms with Gasteiger partial charge in [-0.1, -0.05) is 54.0 Å². The predicted octanol–water partition coefficient (Wildman–Crippen LogP) is 6.47. The molecule has 4 nitrogen and oxygen atoms in total. The summed E-state index contributed by atoms with van der Waals surface area (Å²) < 4.78 is 11.5. The molecule has 0 aliphatic heterocycles. The van der Waals surface area contributed by atoms with Gasteiger partial charge in [-0.05, 0) is 68.8 Å². The van der Waals surface area contributed by atoms with Crippen LogP contribution in [0.2, 0.25) is 0 Å². The van der Waals surface area contributed by atoms with Crippen molar-refractivity contribution in [2.24, 2.45) is 23.7 Å². The molecule has 1 unspecified atom stereocenters. The SMILES string of the molecule is C=CC(C)(CCCC(C)C)OC(=O)CCCC(=O)O[C@H]1C[C@@H](C)CC[C@@H]1C(C)C. The van der Waals surface area contributed by atoms with Crippen LogP contribution in [0.3, 0.4) is 0 Å². The number of rotatable bonds is 12. The van der Waals surface area contributed by atoms with Gasteiger partial charge in [0.05, 0.1) is 0 Å². The van der Waals surface area contributed by atoms with Crippen molar-refractivity contribution in [2.45, 2.75) is 111 Å². The molecule has 1 fully saturated rings. The molecule has 168 valence electrons. The van der Waals surface area contributed by atoms with Crippen molar-refractivity contribution in [1.29, 1.82) is 0 Å². The summed E-state index contributed by atoms with van der Waals surface area (Å²) in [5.41, 5.74) is -0.630. The van der Waals surface area contributed by atoms with Crippen LogP contribution in [0.25, 0.3) is 0 Å². The number of esters is 2. The van der Waals surface area contributed by atoms with Crippen LogP contribution in [0.15, 0.2) is 12.7 Å². The Balaban J connectivity index is 2.38. The molecule has 0 heterocycles. The molecule has 0 radical (unpaired) electrons.